The van der Waals surface area contributed by atoms with Gasteiger partial charge in [-0.15, -0.1) is 0 Å². The lowest BCUT2D eigenvalue weighted by Crippen LogP contribution is -2.48. The van der Waals surface area contributed by atoms with Crippen molar-refractivity contribution in [2.24, 2.45) is 0 Å². The predicted octanol–water partition coefficient (Wildman–Crippen LogP) is 3.89. The van der Waals surface area contributed by atoms with Crippen molar-refractivity contribution >= 4 is 17.4 Å². The summed E-state index contributed by atoms with van der Waals surface area (Å²) in [4.78, 5) is 38.8. The van der Waals surface area contributed by atoms with Gasteiger partial charge in [-0.1, -0.05) is 6.07 Å². The molecule has 1 aliphatic rings. The van der Waals surface area contributed by atoms with Crippen LogP contribution in [0.15, 0.2) is 69.9 Å². The second kappa shape index (κ2) is 9.05. The average molecular weight is 509 g/mol. The maximum absolute atomic E-state index is 13.6. The minimum absolute atomic E-state index is 0.0329. The monoisotopic (exact) mass is 509 g/mol. The lowest BCUT2D eigenvalue weighted by atomic mass is 9.98. The maximum atomic E-state index is 13.6. The van der Waals surface area contributed by atoms with Crippen LogP contribution in [0.5, 0.6) is 0 Å². The van der Waals surface area contributed by atoms with E-state index >= 15 is 0 Å². The third-order valence-corrected chi connectivity index (χ3v) is 6.15. The molecule has 1 atom stereocenters. The molecule has 11 heteroatoms. The number of carboxylic acids is 1. The maximum Gasteiger partial charge on any atom is 0.416 e. The van der Waals surface area contributed by atoms with Gasteiger partial charge in [0.05, 0.1) is 28.5 Å². The molecule has 0 fully saturated rings. The number of alkyl halides is 3. The number of aliphatic carboxylic acids is 1. The summed E-state index contributed by atoms with van der Waals surface area (Å²) in [5.74, 6) is -1.46. The molecule has 0 spiro atoms. The van der Waals surface area contributed by atoms with Crippen LogP contribution in [-0.4, -0.2) is 30.5 Å². The van der Waals surface area contributed by atoms with Crippen LogP contribution in [0.2, 0.25) is 0 Å². The zero-order chi connectivity index (χ0) is 27.2. The largest absolute Gasteiger partial charge is 0.480 e. The number of allylic oxidation sites excluding steroid dienone is 1. The molecule has 1 aromatic heterocycles. The first-order valence-corrected chi connectivity index (χ1v) is 11.0. The number of benzene rings is 2. The van der Waals surface area contributed by atoms with Crippen molar-refractivity contribution in [3.63, 3.8) is 0 Å². The van der Waals surface area contributed by atoms with Crippen molar-refractivity contribution in [1.29, 1.82) is 5.26 Å². The zero-order valence-corrected chi connectivity index (χ0v) is 19.9. The second-order valence-electron chi connectivity index (χ2n) is 8.51. The standard InChI is InChI=1S/C26H19F3N4O4/c1-14-13-31(19-9-7-17(12-30)8-10-19)22(14)21-15(2)32(20-6-4-5-18(11-20)26(27,28)29)25(37)33(23(21)34)16(3)24(35)36/h4-11,13,16H,1-3H3/p+1/t16-/m1/s1. The Morgan fingerprint density at radius 1 is 1.11 bits per heavy atom. The summed E-state index contributed by atoms with van der Waals surface area (Å²) in [5.41, 5.74) is -1.13. The number of nitriles is 1. The average Bonchev–Trinajstić information content (AvgIpc) is 2.84. The van der Waals surface area contributed by atoms with Crippen molar-refractivity contribution in [1.82, 2.24) is 9.13 Å². The van der Waals surface area contributed by atoms with E-state index < -0.39 is 35.0 Å². The van der Waals surface area contributed by atoms with Gasteiger partial charge in [-0.05, 0) is 51.1 Å². The van der Waals surface area contributed by atoms with Crippen LogP contribution >= 0.6 is 0 Å². The van der Waals surface area contributed by atoms with Crippen molar-refractivity contribution in [3.05, 3.63) is 104 Å². The fraction of sp³-hybridized carbons (Fsp3) is 0.192. The van der Waals surface area contributed by atoms with Crippen LogP contribution < -0.4 is 11.2 Å². The molecule has 1 N–H and O–H groups in total. The van der Waals surface area contributed by atoms with E-state index in [2.05, 4.69) is 0 Å². The number of carbonyl (C=O) groups is 1. The lowest BCUT2D eigenvalue weighted by molar-refractivity contribution is -0.373. The first-order valence-electron chi connectivity index (χ1n) is 11.0. The number of carboxylic acid groups (broad SMARTS) is 1. The minimum atomic E-state index is -4.69. The summed E-state index contributed by atoms with van der Waals surface area (Å²) < 4.78 is 43.3. The van der Waals surface area contributed by atoms with E-state index in [9.17, 15) is 32.7 Å². The number of aromatic nitrogens is 2. The van der Waals surface area contributed by atoms with Crippen molar-refractivity contribution in [2.75, 3.05) is 0 Å². The molecule has 2 aromatic carbocycles. The highest BCUT2D eigenvalue weighted by Gasteiger charge is 2.37. The first-order chi connectivity index (χ1) is 17.4. The zero-order valence-electron chi connectivity index (χ0n) is 19.9. The van der Waals surface area contributed by atoms with Crippen LogP contribution in [-0.2, 0) is 11.0 Å². The third kappa shape index (κ3) is 4.27. The van der Waals surface area contributed by atoms with Gasteiger partial charge in [-0.25, -0.2) is 14.2 Å². The molecular formula is C26H20F3N4O4+. The highest BCUT2D eigenvalue weighted by atomic mass is 19.4. The number of nitrogens with zero attached hydrogens (tertiary/aromatic N) is 4. The molecule has 1 aliphatic heterocycles. The topological polar surface area (TPSA) is 108 Å². The van der Waals surface area contributed by atoms with E-state index in [0.717, 1.165) is 29.7 Å². The van der Waals surface area contributed by atoms with E-state index in [1.807, 2.05) is 6.07 Å². The Morgan fingerprint density at radius 3 is 2.30 bits per heavy atom. The molecular weight excluding hydrogens is 489 g/mol. The summed E-state index contributed by atoms with van der Waals surface area (Å²) in [6.45, 7) is 4.27. The van der Waals surface area contributed by atoms with Gasteiger partial charge in [0.1, 0.15) is 11.6 Å². The van der Waals surface area contributed by atoms with Crippen LogP contribution in [0.4, 0.5) is 18.9 Å². The molecule has 8 nitrogen and oxygen atoms in total. The Bertz CT molecular complexity index is 1670. The Balaban J connectivity index is 2.08. The number of rotatable bonds is 5. The number of hydrogen-bond acceptors (Lipinski definition) is 4. The minimum Gasteiger partial charge on any atom is -0.480 e. The van der Waals surface area contributed by atoms with Crippen LogP contribution in [0.25, 0.3) is 5.69 Å². The molecule has 0 saturated carbocycles. The van der Waals surface area contributed by atoms with Crippen LogP contribution in [0.3, 0.4) is 0 Å². The number of halogens is 3. The summed E-state index contributed by atoms with van der Waals surface area (Å²) in [7, 11) is 0. The molecule has 0 unspecified atom stereocenters. The lowest BCUT2D eigenvalue weighted by Gasteiger charge is -2.21. The van der Waals surface area contributed by atoms with Gasteiger partial charge in [0.15, 0.2) is 6.20 Å². The third-order valence-electron chi connectivity index (χ3n) is 6.15. The molecule has 0 radical (unpaired) electrons. The summed E-state index contributed by atoms with van der Waals surface area (Å²) in [6.07, 6.45) is -2.98. The molecule has 0 amide bonds. The number of hydrogen-bond donors (Lipinski definition) is 1. The van der Waals surface area contributed by atoms with Crippen molar-refractivity contribution < 1.29 is 27.6 Å². The Kier molecular flexibility index (Phi) is 6.21. The fourth-order valence-electron chi connectivity index (χ4n) is 4.24. The summed E-state index contributed by atoms with van der Waals surface area (Å²) >= 11 is 0. The molecule has 0 saturated heterocycles. The Hall–Kier alpha value is -4.72. The molecule has 0 bridgehead atoms. The van der Waals surface area contributed by atoms with Crippen LogP contribution in [0, 0.1) is 18.3 Å². The molecule has 4 rings (SSSR count). The van der Waals surface area contributed by atoms with Gasteiger partial charge in [0.25, 0.3) is 5.56 Å². The SMILES string of the molecule is CC1=C[N+](c2ccc(C#N)cc2)=C1c1c(C)n(-c2cccc(C(F)(F)F)c2)c(=O)n([C@H](C)C(=O)O)c1=O. The predicted molar refractivity (Wildman–Crippen MR) is 127 cm³/mol. The van der Waals surface area contributed by atoms with Crippen molar-refractivity contribution in [3.8, 4) is 11.8 Å². The second-order valence-corrected chi connectivity index (χ2v) is 8.51. The van der Waals surface area contributed by atoms with Gasteiger partial charge in [0.2, 0.25) is 11.4 Å². The van der Waals surface area contributed by atoms with E-state index in [0.29, 0.717) is 27.1 Å². The molecule has 0 aliphatic carbocycles. The van der Waals surface area contributed by atoms with Gasteiger partial charge in [-0.3, -0.25) is 9.36 Å². The van der Waals surface area contributed by atoms with E-state index in [1.54, 1.807) is 42.0 Å². The van der Waals surface area contributed by atoms with E-state index in [4.69, 9.17) is 5.26 Å². The molecule has 3 aromatic rings. The molecule has 37 heavy (non-hydrogen) atoms. The highest BCUT2D eigenvalue weighted by molar-refractivity contribution is 6.12. The smallest absolute Gasteiger partial charge is 0.416 e. The van der Waals surface area contributed by atoms with Gasteiger partial charge in [0, 0.05) is 17.8 Å². The highest BCUT2D eigenvalue weighted by Crippen LogP contribution is 2.31. The van der Waals surface area contributed by atoms with Gasteiger partial charge >= 0.3 is 17.8 Å². The van der Waals surface area contributed by atoms with Gasteiger partial charge in [-0.2, -0.15) is 23.0 Å². The first kappa shape index (κ1) is 25.4. The quantitative estimate of drug-likeness (QED) is 0.525. The summed E-state index contributed by atoms with van der Waals surface area (Å²) in [6, 6.07) is 10.9. The van der Waals surface area contributed by atoms with E-state index in [-0.39, 0.29) is 16.9 Å². The molecule has 2 heterocycles. The fourth-order valence-corrected chi connectivity index (χ4v) is 4.24. The Morgan fingerprint density at radius 2 is 1.76 bits per heavy atom. The van der Waals surface area contributed by atoms with Gasteiger partial charge < -0.3 is 5.11 Å². The summed E-state index contributed by atoms with van der Waals surface area (Å²) in [5, 5.41) is 18.7. The van der Waals surface area contributed by atoms with E-state index in [1.165, 1.54) is 13.0 Å². The van der Waals surface area contributed by atoms with Crippen LogP contribution in [0.1, 0.15) is 42.3 Å². The molecule has 188 valence electrons. The Labute approximate surface area is 208 Å². The van der Waals surface area contributed by atoms with Crippen molar-refractivity contribution in [2.45, 2.75) is 33.0 Å². The normalized spacial score (nSPS) is 14.0.